The highest BCUT2D eigenvalue weighted by Crippen LogP contribution is 2.17. The van der Waals surface area contributed by atoms with E-state index in [9.17, 15) is 4.79 Å². The second-order valence-electron chi connectivity index (χ2n) is 5.96. The number of anilines is 2. The Bertz CT molecular complexity index is 645. The largest absolute Gasteiger partial charge is 0.384 e. The second-order valence-corrected chi connectivity index (χ2v) is 5.96. The fraction of sp³-hybridized carbons (Fsp3) is 0.400. The summed E-state index contributed by atoms with van der Waals surface area (Å²) in [6.07, 6.45) is 5.55. The highest BCUT2D eigenvalue weighted by atomic mass is 16.1. The molecule has 134 valence electrons. The zero-order chi connectivity index (χ0) is 17.9. The lowest BCUT2D eigenvalue weighted by Gasteiger charge is -2.19. The molecule has 2 rings (SSSR count). The molecule has 1 aromatic carbocycles. The lowest BCUT2D eigenvalue weighted by Crippen LogP contribution is -2.26. The molecular weight excluding hydrogens is 312 g/mol. The van der Waals surface area contributed by atoms with E-state index in [0.29, 0.717) is 11.3 Å². The molecule has 0 aliphatic carbocycles. The zero-order valence-corrected chi connectivity index (χ0v) is 15.2. The van der Waals surface area contributed by atoms with Crippen LogP contribution in [0.15, 0.2) is 48.8 Å². The van der Waals surface area contributed by atoms with Crippen molar-refractivity contribution in [2.75, 3.05) is 36.8 Å². The Balaban J connectivity index is 1.90. The molecule has 0 saturated carbocycles. The number of carbonyl (C=O) groups is 1. The molecule has 5 heteroatoms. The van der Waals surface area contributed by atoms with E-state index in [1.165, 1.54) is 6.42 Å². The summed E-state index contributed by atoms with van der Waals surface area (Å²) in [5.41, 5.74) is 2.20. The maximum Gasteiger partial charge on any atom is 0.257 e. The third-order valence-electron chi connectivity index (χ3n) is 4.04. The van der Waals surface area contributed by atoms with Crippen LogP contribution in [0.2, 0.25) is 0 Å². The van der Waals surface area contributed by atoms with Crippen LogP contribution < -0.4 is 10.6 Å². The number of amides is 1. The molecule has 25 heavy (non-hydrogen) atoms. The fourth-order valence-electron chi connectivity index (χ4n) is 2.74. The average molecular weight is 340 g/mol. The van der Waals surface area contributed by atoms with E-state index >= 15 is 0 Å². The van der Waals surface area contributed by atoms with Crippen molar-refractivity contribution in [3.63, 3.8) is 0 Å². The van der Waals surface area contributed by atoms with E-state index < -0.39 is 0 Å². The summed E-state index contributed by atoms with van der Waals surface area (Å²) in [5, 5.41) is 6.28. The maximum atomic E-state index is 12.5. The van der Waals surface area contributed by atoms with Gasteiger partial charge in [-0.25, -0.2) is 0 Å². The van der Waals surface area contributed by atoms with Gasteiger partial charge in [0.15, 0.2) is 0 Å². The van der Waals surface area contributed by atoms with Crippen LogP contribution in [0.3, 0.4) is 0 Å². The van der Waals surface area contributed by atoms with E-state index in [-0.39, 0.29) is 5.91 Å². The molecule has 0 radical (unpaired) electrons. The maximum absolute atomic E-state index is 12.5. The van der Waals surface area contributed by atoms with Crippen molar-refractivity contribution in [1.82, 2.24) is 9.88 Å². The minimum atomic E-state index is -0.128. The molecular formula is C20H28N4O. The van der Waals surface area contributed by atoms with Crippen LogP contribution in [0.25, 0.3) is 0 Å². The summed E-state index contributed by atoms with van der Waals surface area (Å²) < 4.78 is 0. The van der Waals surface area contributed by atoms with Gasteiger partial charge >= 0.3 is 0 Å². The van der Waals surface area contributed by atoms with Crippen molar-refractivity contribution >= 4 is 17.3 Å². The molecule has 1 aromatic heterocycles. The number of aromatic nitrogens is 1. The van der Waals surface area contributed by atoms with Gasteiger partial charge in [-0.15, -0.1) is 0 Å². The predicted octanol–water partition coefficient (Wildman–Crippen LogP) is 3.87. The minimum Gasteiger partial charge on any atom is -0.384 e. The van der Waals surface area contributed by atoms with Gasteiger partial charge in [0.25, 0.3) is 5.91 Å². The third kappa shape index (κ3) is 6.19. The highest BCUT2D eigenvalue weighted by Gasteiger charge is 2.11. The lowest BCUT2D eigenvalue weighted by molar-refractivity contribution is 0.102. The van der Waals surface area contributed by atoms with Gasteiger partial charge in [-0.1, -0.05) is 26.0 Å². The van der Waals surface area contributed by atoms with Crippen LogP contribution in [0.5, 0.6) is 0 Å². The zero-order valence-electron chi connectivity index (χ0n) is 15.2. The first-order chi connectivity index (χ1) is 12.2. The Morgan fingerprint density at radius 2 is 1.96 bits per heavy atom. The minimum absolute atomic E-state index is 0.128. The van der Waals surface area contributed by atoms with E-state index in [0.717, 1.165) is 38.3 Å². The quantitative estimate of drug-likeness (QED) is 0.645. The Labute approximate surface area is 150 Å². The smallest absolute Gasteiger partial charge is 0.257 e. The van der Waals surface area contributed by atoms with Gasteiger partial charge in [-0.05, 0) is 56.7 Å². The standard InChI is InChI=1S/C20H28N4O/c1-3-14-24(4-2)15-8-13-22-19-11-6-5-10-18(19)20(25)23-17-9-7-12-21-16-17/h5-7,9-12,16,22H,3-4,8,13-15H2,1-2H3,(H,23,25). The van der Waals surface area contributed by atoms with Gasteiger partial charge < -0.3 is 15.5 Å². The highest BCUT2D eigenvalue weighted by molar-refractivity contribution is 6.07. The number of nitrogens with zero attached hydrogens (tertiary/aromatic N) is 2. The number of para-hydroxylation sites is 1. The van der Waals surface area contributed by atoms with Gasteiger partial charge in [0.1, 0.15) is 0 Å². The second kappa shape index (κ2) is 10.5. The normalized spacial score (nSPS) is 10.7. The summed E-state index contributed by atoms with van der Waals surface area (Å²) in [4.78, 5) is 19.0. The van der Waals surface area contributed by atoms with Crippen molar-refractivity contribution in [2.24, 2.45) is 0 Å². The van der Waals surface area contributed by atoms with Crippen molar-refractivity contribution in [1.29, 1.82) is 0 Å². The number of hydrogen-bond acceptors (Lipinski definition) is 4. The van der Waals surface area contributed by atoms with Gasteiger partial charge in [-0.2, -0.15) is 0 Å². The van der Waals surface area contributed by atoms with E-state index in [4.69, 9.17) is 0 Å². The van der Waals surface area contributed by atoms with Crippen LogP contribution in [-0.2, 0) is 0 Å². The van der Waals surface area contributed by atoms with Crippen molar-refractivity contribution in [3.8, 4) is 0 Å². The van der Waals surface area contributed by atoms with Crippen molar-refractivity contribution in [3.05, 3.63) is 54.4 Å². The summed E-state index contributed by atoms with van der Waals surface area (Å²) >= 11 is 0. The summed E-state index contributed by atoms with van der Waals surface area (Å²) in [5.74, 6) is -0.128. The first-order valence-corrected chi connectivity index (χ1v) is 9.01. The van der Waals surface area contributed by atoms with Gasteiger partial charge in [0.05, 0.1) is 17.4 Å². The number of carbonyl (C=O) groups excluding carboxylic acids is 1. The lowest BCUT2D eigenvalue weighted by atomic mass is 10.1. The molecule has 0 bridgehead atoms. The number of benzene rings is 1. The van der Waals surface area contributed by atoms with E-state index in [1.54, 1.807) is 18.5 Å². The fourth-order valence-corrected chi connectivity index (χ4v) is 2.74. The van der Waals surface area contributed by atoms with E-state index in [2.05, 4.69) is 34.4 Å². The van der Waals surface area contributed by atoms with Gasteiger partial charge in [-0.3, -0.25) is 9.78 Å². The molecule has 0 fully saturated rings. The summed E-state index contributed by atoms with van der Waals surface area (Å²) in [7, 11) is 0. The molecule has 2 N–H and O–H groups in total. The Morgan fingerprint density at radius 3 is 2.68 bits per heavy atom. The number of nitrogens with one attached hydrogen (secondary N) is 2. The summed E-state index contributed by atoms with van der Waals surface area (Å²) in [6, 6.07) is 11.2. The van der Waals surface area contributed by atoms with Crippen molar-refractivity contribution < 1.29 is 4.79 Å². The Hall–Kier alpha value is -2.40. The molecule has 1 amide bonds. The number of rotatable bonds is 10. The van der Waals surface area contributed by atoms with Gasteiger partial charge in [0, 0.05) is 18.4 Å². The molecule has 0 saturated heterocycles. The van der Waals surface area contributed by atoms with Crippen LogP contribution in [-0.4, -0.2) is 42.0 Å². The van der Waals surface area contributed by atoms with Crippen LogP contribution in [0, 0.1) is 0 Å². The average Bonchev–Trinajstić information content (AvgIpc) is 2.65. The number of hydrogen-bond donors (Lipinski definition) is 2. The van der Waals surface area contributed by atoms with Crippen LogP contribution >= 0.6 is 0 Å². The molecule has 2 aromatic rings. The topological polar surface area (TPSA) is 57.3 Å². The van der Waals surface area contributed by atoms with E-state index in [1.807, 2.05) is 30.3 Å². The molecule has 5 nitrogen and oxygen atoms in total. The molecule has 0 atom stereocenters. The predicted molar refractivity (Wildman–Crippen MR) is 104 cm³/mol. The first-order valence-electron chi connectivity index (χ1n) is 9.01. The van der Waals surface area contributed by atoms with Gasteiger partial charge in [0.2, 0.25) is 0 Å². The molecule has 1 heterocycles. The molecule has 0 spiro atoms. The van der Waals surface area contributed by atoms with Crippen LogP contribution in [0.4, 0.5) is 11.4 Å². The molecule has 0 aliphatic rings. The van der Waals surface area contributed by atoms with Crippen LogP contribution in [0.1, 0.15) is 37.0 Å². The third-order valence-corrected chi connectivity index (χ3v) is 4.04. The summed E-state index contributed by atoms with van der Waals surface area (Å²) in [6.45, 7) is 8.54. The molecule has 0 aliphatic heterocycles. The molecule has 0 unspecified atom stereocenters. The number of pyridine rings is 1. The van der Waals surface area contributed by atoms with Crippen molar-refractivity contribution in [2.45, 2.75) is 26.7 Å². The first kappa shape index (κ1) is 18.9. The Morgan fingerprint density at radius 1 is 1.12 bits per heavy atom. The Kier molecular flexibility index (Phi) is 7.92. The monoisotopic (exact) mass is 340 g/mol. The SMILES string of the molecule is CCCN(CC)CCCNc1ccccc1C(=O)Nc1cccnc1.